The van der Waals surface area contributed by atoms with Gasteiger partial charge in [0.2, 0.25) is 5.91 Å². The van der Waals surface area contributed by atoms with E-state index in [9.17, 15) is 4.79 Å². The standard InChI is InChI=1S/C17H19BrN2O3S/c18-13-4-1-3-12(9-13)15-11-24-17(19-15)20-16(21)6-8-22-10-14-5-2-7-23-14/h1,3-4,9,11,14H,2,5-8,10H2,(H,19,20,21). The molecule has 1 aliphatic heterocycles. The molecule has 1 saturated heterocycles. The number of carbonyl (C=O) groups excluding carboxylic acids is 1. The molecule has 2 heterocycles. The molecule has 1 N–H and O–H groups in total. The number of anilines is 1. The summed E-state index contributed by atoms with van der Waals surface area (Å²) in [7, 11) is 0. The molecule has 1 unspecified atom stereocenters. The summed E-state index contributed by atoms with van der Waals surface area (Å²) in [5.74, 6) is -0.0857. The van der Waals surface area contributed by atoms with E-state index in [1.54, 1.807) is 0 Å². The van der Waals surface area contributed by atoms with Crippen LogP contribution in [0.3, 0.4) is 0 Å². The Kier molecular flexibility index (Phi) is 6.37. The van der Waals surface area contributed by atoms with Gasteiger partial charge >= 0.3 is 0 Å². The number of rotatable bonds is 7. The summed E-state index contributed by atoms with van der Waals surface area (Å²) < 4.78 is 12.0. The SMILES string of the molecule is O=C(CCOCC1CCCO1)Nc1nc(-c2cccc(Br)c2)cs1. The molecule has 0 spiro atoms. The van der Waals surface area contributed by atoms with Crippen molar-refractivity contribution in [2.75, 3.05) is 25.1 Å². The molecule has 5 nitrogen and oxygen atoms in total. The summed E-state index contributed by atoms with van der Waals surface area (Å²) in [6, 6.07) is 7.92. The number of nitrogens with one attached hydrogen (secondary N) is 1. The van der Waals surface area contributed by atoms with Gasteiger partial charge in [-0.15, -0.1) is 11.3 Å². The van der Waals surface area contributed by atoms with Crippen LogP contribution in [0.5, 0.6) is 0 Å². The van der Waals surface area contributed by atoms with Crippen LogP contribution in [0, 0.1) is 0 Å². The molecule has 7 heteroatoms. The van der Waals surface area contributed by atoms with Crippen LogP contribution >= 0.6 is 27.3 Å². The van der Waals surface area contributed by atoms with Crippen molar-refractivity contribution in [1.29, 1.82) is 0 Å². The third-order valence-corrected chi connectivity index (χ3v) is 4.92. The normalized spacial score (nSPS) is 17.1. The number of nitrogens with zero attached hydrogens (tertiary/aromatic N) is 1. The summed E-state index contributed by atoms with van der Waals surface area (Å²) in [6.07, 6.45) is 2.65. The van der Waals surface area contributed by atoms with Crippen molar-refractivity contribution in [2.45, 2.75) is 25.4 Å². The average molecular weight is 411 g/mol. The fourth-order valence-electron chi connectivity index (χ4n) is 2.45. The number of amides is 1. The highest BCUT2D eigenvalue weighted by molar-refractivity contribution is 9.10. The van der Waals surface area contributed by atoms with Crippen LogP contribution < -0.4 is 5.32 Å². The van der Waals surface area contributed by atoms with E-state index in [1.807, 2.05) is 29.6 Å². The molecular formula is C17H19BrN2O3S. The van der Waals surface area contributed by atoms with Crippen LogP contribution in [0.1, 0.15) is 19.3 Å². The van der Waals surface area contributed by atoms with E-state index in [4.69, 9.17) is 9.47 Å². The third-order valence-electron chi connectivity index (χ3n) is 3.67. The van der Waals surface area contributed by atoms with Crippen LogP contribution in [0.4, 0.5) is 5.13 Å². The molecule has 1 aromatic carbocycles. The van der Waals surface area contributed by atoms with Gasteiger partial charge in [0.1, 0.15) is 0 Å². The van der Waals surface area contributed by atoms with Crippen molar-refractivity contribution in [2.24, 2.45) is 0 Å². The van der Waals surface area contributed by atoms with Gasteiger partial charge in [-0.2, -0.15) is 0 Å². The van der Waals surface area contributed by atoms with Crippen molar-refractivity contribution >= 4 is 38.3 Å². The lowest BCUT2D eigenvalue weighted by Gasteiger charge is -2.09. The average Bonchev–Trinajstić information content (AvgIpc) is 3.23. The predicted octanol–water partition coefficient (Wildman–Crippen LogP) is 4.10. The van der Waals surface area contributed by atoms with Crippen LogP contribution in [-0.4, -0.2) is 36.8 Å². The molecule has 0 bridgehead atoms. The van der Waals surface area contributed by atoms with Gasteiger partial charge in [-0.25, -0.2) is 4.98 Å². The Morgan fingerprint density at radius 3 is 3.21 bits per heavy atom. The molecule has 2 aromatic rings. The topological polar surface area (TPSA) is 60.5 Å². The molecule has 24 heavy (non-hydrogen) atoms. The lowest BCUT2D eigenvalue weighted by Crippen LogP contribution is -2.18. The highest BCUT2D eigenvalue weighted by Gasteiger charge is 2.15. The fourth-order valence-corrected chi connectivity index (χ4v) is 3.58. The van der Waals surface area contributed by atoms with Gasteiger partial charge < -0.3 is 14.8 Å². The smallest absolute Gasteiger partial charge is 0.228 e. The minimum Gasteiger partial charge on any atom is -0.378 e. The number of hydrogen-bond acceptors (Lipinski definition) is 5. The van der Waals surface area contributed by atoms with E-state index in [0.29, 0.717) is 24.8 Å². The van der Waals surface area contributed by atoms with Gasteiger partial charge in [-0.05, 0) is 25.0 Å². The van der Waals surface area contributed by atoms with E-state index in [0.717, 1.165) is 35.2 Å². The van der Waals surface area contributed by atoms with E-state index >= 15 is 0 Å². The van der Waals surface area contributed by atoms with Gasteiger partial charge in [0, 0.05) is 22.0 Å². The molecule has 0 saturated carbocycles. The van der Waals surface area contributed by atoms with Gasteiger partial charge in [0.05, 0.1) is 31.4 Å². The summed E-state index contributed by atoms with van der Waals surface area (Å²) in [6.45, 7) is 1.78. The van der Waals surface area contributed by atoms with Crippen molar-refractivity contribution in [3.8, 4) is 11.3 Å². The monoisotopic (exact) mass is 410 g/mol. The summed E-state index contributed by atoms with van der Waals surface area (Å²) in [5, 5.41) is 5.36. The first-order valence-electron chi connectivity index (χ1n) is 7.91. The molecule has 1 aromatic heterocycles. The molecular weight excluding hydrogens is 392 g/mol. The zero-order chi connectivity index (χ0) is 16.8. The van der Waals surface area contributed by atoms with Gasteiger partial charge in [-0.1, -0.05) is 28.1 Å². The molecule has 1 amide bonds. The second-order valence-electron chi connectivity index (χ2n) is 5.56. The first-order chi connectivity index (χ1) is 11.7. The second kappa shape index (κ2) is 8.71. The lowest BCUT2D eigenvalue weighted by molar-refractivity contribution is -0.117. The Bertz CT molecular complexity index is 686. The lowest BCUT2D eigenvalue weighted by atomic mass is 10.2. The maximum Gasteiger partial charge on any atom is 0.228 e. The van der Waals surface area contributed by atoms with Crippen LogP contribution in [0.2, 0.25) is 0 Å². The van der Waals surface area contributed by atoms with Crippen molar-refractivity contribution in [3.63, 3.8) is 0 Å². The number of aromatic nitrogens is 1. The van der Waals surface area contributed by atoms with E-state index in [-0.39, 0.29) is 12.0 Å². The first kappa shape index (κ1) is 17.5. The Morgan fingerprint density at radius 2 is 2.42 bits per heavy atom. The molecule has 1 fully saturated rings. The predicted molar refractivity (Wildman–Crippen MR) is 98.3 cm³/mol. The Morgan fingerprint density at radius 1 is 1.50 bits per heavy atom. The maximum atomic E-state index is 11.9. The Labute approximate surface area is 153 Å². The number of thiazole rings is 1. The molecule has 1 atom stereocenters. The van der Waals surface area contributed by atoms with Gasteiger partial charge in [0.15, 0.2) is 5.13 Å². The van der Waals surface area contributed by atoms with Crippen LogP contribution in [-0.2, 0) is 14.3 Å². The van der Waals surface area contributed by atoms with Crippen LogP contribution in [0.25, 0.3) is 11.3 Å². The largest absolute Gasteiger partial charge is 0.378 e. The molecule has 0 aliphatic carbocycles. The minimum atomic E-state index is -0.0857. The van der Waals surface area contributed by atoms with Gasteiger partial charge in [0.25, 0.3) is 0 Å². The highest BCUT2D eigenvalue weighted by Crippen LogP contribution is 2.26. The number of carbonyl (C=O) groups is 1. The van der Waals surface area contributed by atoms with E-state index in [2.05, 4.69) is 26.2 Å². The molecule has 128 valence electrons. The summed E-state index contributed by atoms with van der Waals surface area (Å²) >= 11 is 4.87. The highest BCUT2D eigenvalue weighted by atomic mass is 79.9. The number of halogens is 1. The third kappa shape index (κ3) is 5.11. The van der Waals surface area contributed by atoms with Crippen molar-refractivity contribution in [1.82, 2.24) is 4.98 Å². The van der Waals surface area contributed by atoms with E-state index < -0.39 is 0 Å². The minimum absolute atomic E-state index is 0.0857. The Hall–Kier alpha value is -1.28. The van der Waals surface area contributed by atoms with Crippen LogP contribution in [0.15, 0.2) is 34.1 Å². The molecule has 1 aliphatic rings. The zero-order valence-corrected chi connectivity index (χ0v) is 15.6. The van der Waals surface area contributed by atoms with Gasteiger partial charge in [-0.3, -0.25) is 4.79 Å². The zero-order valence-electron chi connectivity index (χ0n) is 13.2. The van der Waals surface area contributed by atoms with Crippen molar-refractivity contribution < 1.29 is 14.3 Å². The quantitative estimate of drug-likeness (QED) is 0.697. The fraction of sp³-hybridized carbons (Fsp3) is 0.412. The second-order valence-corrected chi connectivity index (χ2v) is 7.33. The number of hydrogen-bond donors (Lipinski definition) is 1. The molecule has 3 rings (SSSR count). The maximum absolute atomic E-state index is 11.9. The summed E-state index contributed by atoms with van der Waals surface area (Å²) in [5.41, 5.74) is 1.87. The number of benzene rings is 1. The first-order valence-corrected chi connectivity index (χ1v) is 9.58. The summed E-state index contributed by atoms with van der Waals surface area (Å²) in [4.78, 5) is 16.4. The number of ether oxygens (including phenoxy) is 2. The molecule has 0 radical (unpaired) electrons. The Balaban J connectivity index is 1.43. The van der Waals surface area contributed by atoms with Crippen molar-refractivity contribution in [3.05, 3.63) is 34.1 Å². The van der Waals surface area contributed by atoms with E-state index in [1.165, 1.54) is 11.3 Å².